The number of carbonyl (C=O) groups excluding carboxylic acids is 2. The number of esters is 2. The smallest absolute Gasteiger partial charge is 0.343 e. The van der Waals surface area contributed by atoms with Gasteiger partial charge in [0.15, 0.2) is 22.9 Å². The molecule has 0 saturated carbocycles. The number of ether oxygens (including phenoxy) is 5. The summed E-state index contributed by atoms with van der Waals surface area (Å²) in [7, 11) is 1.26. The van der Waals surface area contributed by atoms with Crippen molar-refractivity contribution in [1.82, 2.24) is 4.57 Å². The Labute approximate surface area is 304 Å². The Balaban J connectivity index is 1.64. The Morgan fingerprint density at radius 1 is 1.00 bits per heavy atom. The first-order valence-electron chi connectivity index (χ1n) is 15.1. The number of methoxy groups -OCH3 is 1. The number of rotatable bonds is 12. The maximum absolute atomic E-state index is 14.3. The molecule has 4 aromatic rings. The van der Waals surface area contributed by atoms with E-state index in [2.05, 4.69) is 25.7 Å². The lowest BCUT2D eigenvalue weighted by atomic mass is 9.95. The Morgan fingerprint density at radius 3 is 2.45 bits per heavy atom. The molecule has 0 N–H and O–H groups in total. The van der Waals surface area contributed by atoms with E-state index in [1.807, 2.05) is 24.3 Å². The number of hydrogen-bond acceptors (Lipinski definition) is 10. The van der Waals surface area contributed by atoms with Gasteiger partial charge in [-0.05, 0) is 74.4 Å². The molecule has 0 saturated heterocycles. The Kier molecular flexibility index (Phi) is 11.9. The molecule has 256 valence electrons. The summed E-state index contributed by atoms with van der Waals surface area (Å²) >= 11 is 17.6. The third-order valence-corrected chi connectivity index (χ3v) is 9.30. The second-order valence-electron chi connectivity index (χ2n) is 10.5. The number of hydrogen-bond donors (Lipinski definition) is 0. The molecule has 0 spiro atoms. The monoisotopic (exact) mass is 788 g/mol. The molecule has 0 aliphatic carbocycles. The van der Waals surface area contributed by atoms with Crippen LogP contribution in [0.3, 0.4) is 0 Å². The topological polar surface area (TPSA) is 115 Å². The Bertz CT molecular complexity index is 2110. The number of fused-ring (bicyclic) bond motifs is 1. The molecule has 10 nitrogen and oxygen atoms in total. The quantitative estimate of drug-likeness (QED) is 0.152. The van der Waals surface area contributed by atoms with E-state index in [0.717, 1.165) is 21.4 Å². The van der Waals surface area contributed by atoms with Gasteiger partial charge in [-0.3, -0.25) is 9.36 Å². The van der Waals surface area contributed by atoms with Crippen LogP contribution in [0.1, 0.15) is 43.5 Å². The first kappa shape index (κ1) is 36.2. The van der Waals surface area contributed by atoms with Crippen molar-refractivity contribution in [1.29, 1.82) is 0 Å². The molecule has 1 aromatic heterocycles. The van der Waals surface area contributed by atoms with E-state index in [1.165, 1.54) is 11.7 Å². The maximum atomic E-state index is 14.3. The van der Waals surface area contributed by atoms with Crippen molar-refractivity contribution in [3.05, 3.63) is 117 Å². The third kappa shape index (κ3) is 8.21. The SMILES string of the molecule is CCOC(=O)C1=C(C)N=c2s/c(=C/c3cc(Cl)cc(Cl)c3OCc3ccc(Br)cc3)c(=O)n2[C@H]1c1ccc(OCC(=O)OC)c(OCC)c1. The van der Waals surface area contributed by atoms with Gasteiger partial charge in [-0.1, -0.05) is 68.7 Å². The molecule has 0 bridgehead atoms. The van der Waals surface area contributed by atoms with Crippen molar-refractivity contribution < 1.29 is 33.3 Å². The number of benzene rings is 3. The fraction of sp³-hybridized carbons (Fsp3) is 0.257. The summed E-state index contributed by atoms with van der Waals surface area (Å²) in [6, 6.07) is 14.9. The van der Waals surface area contributed by atoms with Crippen LogP contribution in [0.25, 0.3) is 6.08 Å². The summed E-state index contributed by atoms with van der Waals surface area (Å²) < 4.78 is 30.4. The molecule has 0 amide bonds. The first-order chi connectivity index (χ1) is 23.5. The molecule has 0 unspecified atom stereocenters. The van der Waals surface area contributed by atoms with Gasteiger partial charge in [0.25, 0.3) is 5.56 Å². The molecule has 5 rings (SSSR count). The Hall–Kier alpha value is -4.10. The second-order valence-corrected chi connectivity index (χ2v) is 13.3. The lowest BCUT2D eigenvalue weighted by Crippen LogP contribution is -2.40. The summed E-state index contributed by atoms with van der Waals surface area (Å²) in [6.45, 7) is 5.49. The zero-order chi connectivity index (χ0) is 35.2. The van der Waals surface area contributed by atoms with Gasteiger partial charge in [-0.25, -0.2) is 14.6 Å². The van der Waals surface area contributed by atoms with Crippen LogP contribution in [0, 0.1) is 0 Å². The lowest BCUT2D eigenvalue weighted by Gasteiger charge is -2.25. The van der Waals surface area contributed by atoms with Gasteiger partial charge in [-0.2, -0.15) is 0 Å². The zero-order valence-electron chi connectivity index (χ0n) is 26.9. The summed E-state index contributed by atoms with van der Waals surface area (Å²) in [5.41, 5.74) is 2.10. The standard InChI is InChI=1S/C35H31BrCl2N2O8S/c1-5-45-27-14-21(9-12-26(27)47-18-29(41)44-4)31-30(34(43)46-6-2)19(3)39-35-40(31)33(42)28(49-35)15-22-13-24(37)16-25(38)32(22)48-17-20-7-10-23(36)11-8-20/h7-16,31H,5-6,17-18H2,1-4H3/b28-15+/t31-/m0/s1. The highest BCUT2D eigenvalue weighted by Crippen LogP contribution is 2.37. The van der Waals surface area contributed by atoms with Crippen LogP contribution in [0.4, 0.5) is 0 Å². The molecule has 1 atom stereocenters. The van der Waals surface area contributed by atoms with E-state index in [0.29, 0.717) is 42.7 Å². The van der Waals surface area contributed by atoms with Crippen molar-refractivity contribution in [3.8, 4) is 17.2 Å². The van der Waals surface area contributed by atoms with Crippen LogP contribution in [0.5, 0.6) is 17.2 Å². The minimum Gasteiger partial charge on any atom is -0.490 e. The number of halogens is 3. The summed E-state index contributed by atoms with van der Waals surface area (Å²) in [6.07, 6.45) is 1.65. The van der Waals surface area contributed by atoms with Crippen molar-refractivity contribution in [2.45, 2.75) is 33.4 Å². The average Bonchev–Trinajstić information content (AvgIpc) is 3.37. The molecule has 0 fully saturated rings. The van der Waals surface area contributed by atoms with Crippen molar-refractivity contribution in [3.63, 3.8) is 0 Å². The predicted octanol–water partition coefficient (Wildman–Crippen LogP) is 6.40. The summed E-state index contributed by atoms with van der Waals surface area (Å²) in [4.78, 5) is 44.5. The van der Waals surface area contributed by atoms with E-state index < -0.39 is 23.5 Å². The van der Waals surface area contributed by atoms with Crippen LogP contribution >= 0.6 is 50.5 Å². The molecule has 3 aromatic carbocycles. The number of nitrogens with zero attached hydrogens (tertiary/aromatic N) is 2. The lowest BCUT2D eigenvalue weighted by molar-refractivity contribution is -0.143. The summed E-state index contributed by atoms with van der Waals surface area (Å²) in [5, 5.41) is 0.635. The van der Waals surface area contributed by atoms with Crippen LogP contribution < -0.4 is 29.1 Å². The molecular weight excluding hydrogens is 759 g/mol. The van der Waals surface area contributed by atoms with Gasteiger partial charge in [0.05, 0.1) is 47.2 Å². The summed E-state index contributed by atoms with van der Waals surface area (Å²) in [5.74, 6) is -0.231. The van der Waals surface area contributed by atoms with E-state index >= 15 is 0 Å². The van der Waals surface area contributed by atoms with Gasteiger partial charge in [-0.15, -0.1) is 0 Å². The van der Waals surface area contributed by atoms with E-state index in [-0.39, 0.29) is 42.8 Å². The Morgan fingerprint density at radius 2 is 1.76 bits per heavy atom. The van der Waals surface area contributed by atoms with Crippen LogP contribution in [0.15, 0.2) is 80.1 Å². The zero-order valence-corrected chi connectivity index (χ0v) is 30.8. The van der Waals surface area contributed by atoms with Crippen molar-refractivity contribution >= 4 is 68.5 Å². The number of aromatic nitrogens is 1. The molecule has 2 heterocycles. The molecule has 0 radical (unpaired) electrons. The van der Waals surface area contributed by atoms with Crippen molar-refractivity contribution in [2.75, 3.05) is 26.9 Å². The van der Waals surface area contributed by atoms with Gasteiger partial charge < -0.3 is 23.7 Å². The number of allylic oxidation sites excluding steroid dienone is 1. The second kappa shape index (κ2) is 16.1. The van der Waals surface area contributed by atoms with Crippen molar-refractivity contribution in [2.24, 2.45) is 4.99 Å². The van der Waals surface area contributed by atoms with Crippen LogP contribution in [-0.2, 0) is 25.7 Å². The average molecular weight is 791 g/mol. The van der Waals surface area contributed by atoms with Gasteiger partial charge in [0.1, 0.15) is 12.4 Å². The van der Waals surface area contributed by atoms with Gasteiger partial charge >= 0.3 is 11.9 Å². The highest BCUT2D eigenvalue weighted by molar-refractivity contribution is 9.10. The fourth-order valence-corrected chi connectivity index (χ4v) is 6.97. The van der Waals surface area contributed by atoms with E-state index in [4.69, 9.17) is 42.1 Å². The number of thiazole rings is 1. The van der Waals surface area contributed by atoms with Crippen LogP contribution in [-0.4, -0.2) is 43.4 Å². The maximum Gasteiger partial charge on any atom is 0.343 e. The van der Waals surface area contributed by atoms with Gasteiger partial charge in [0, 0.05) is 15.1 Å². The third-order valence-electron chi connectivity index (χ3n) is 7.29. The molecule has 14 heteroatoms. The van der Waals surface area contributed by atoms with Crippen LogP contribution in [0.2, 0.25) is 10.0 Å². The minimum absolute atomic E-state index is 0.121. The molecular formula is C35H31BrCl2N2O8S. The molecule has 1 aliphatic rings. The largest absolute Gasteiger partial charge is 0.490 e. The molecule has 49 heavy (non-hydrogen) atoms. The normalized spacial score (nSPS) is 14.2. The van der Waals surface area contributed by atoms with Gasteiger partial charge in [0.2, 0.25) is 0 Å². The van der Waals surface area contributed by atoms with E-state index in [9.17, 15) is 14.4 Å². The predicted molar refractivity (Wildman–Crippen MR) is 190 cm³/mol. The highest BCUT2D eigenvalue weighted by Gasteiger charge is 2.34. The first-order valence-corrected chi connectivity index (χ1v) is 17.4. The highest BCUT2D eigenvalue weighted by atomic mass is 79.9. The fourth-order valence-electron chi connectivity index (χ4n) is 5.10. The molecule has 1 aliphatic heterocycles. The number of carbonyl (C=O) groups is 2. The van der Waals surface area contributed by atoms with E-state index in [1.54, 1.807) is 57.2 Å². The minimum atomic E-state index is -0.928.